The van der Waals surface area contributed by atoms with Crippen LogP contribution in [0.4, 0.5) is 0 Å². The molecule has 1 aliphatic heterocycles. The molecule has 7 heteroatoms. The third kappa shape index (κ3) is 5.23. The van der Waals surface area contributed by atoms with Crippen LogP contribution in [0.5, 0.6) is 5.75 Å². The van der Waals surface area contributed by atoms with Crippen LogP contribution in [-0.4, -0.2) is 66.5 Å². The SMILES string of the molecule is CC(=O)[O-].CCN1CCN(CCc2c[nH]c3cc(OC)ccc23)C(=O)C1. The van der Waals surface area contributed by atoms with Crippen LogP contribution in [0.3, 0.4) is 0 Å². The Labute approximate surface area is 153 Å². The molecule has 142 valence electrons. The van der Waals surface area contributed by atoms with E-state index in [4.69, 9.17) is 14.6 Å². The fourth-order valence-electron chi connectivity index (χ4n) is 3.02. The van der Waals surface area contributed by atoms with Gasteiger partial charge in [-0.3, -0.25) is 9.69 Å². The van der Waals surface area contributed by atoms with Gasteiger partial charge < -0.3 is 24.5 Å². The zero-order valence-electron chi connectivity index (χ0n) is 15.6. The van der Waals surface area contributed by atoms with Crippen molar-refractivity contribution in [1.29, 1.82) is 0 Å². The Morgan fingerprint density at radius 1 is 1.35 bits per heavy atom. The Kier molecular flexibility index (Phi) is 7.03. The van der Waals surface area contributed by atoms with Crippen LogP contribution in [0.25, 0.3) is 10.9 Å². The number of H-pyrrole nitrogens is 1. The second kappa shape index (κ2) is 9.24. The number of piperazine rings is 1. The first-order valence-corrected chi connectivity index (χ1v) is 8.76. The molecule has 1 amide bonds. The normalized spacial score (nSPS) is 14.9. The highest BCUT2D eigenvalue weighted by Crippen LogP contribution is 2.23. The molecule has 1 N–H and O–H groups in total. The molecule has 0 aliphatic carbocycles. The molecule has 0 atom stereocenters. The number of nitrogens with one attached hydrogen (secondary N) is 1. The van der Waals surface area contributed by atoms with E-state index < -0.39 is 5.97 Å². The first kappa shape index (κ1) is 19.8. The molecule has 0 spiro atoms. The first-order valence-electron chi connectivity index (χ1n) is 8.76. The molecule has 1 aliphatic rings. The number of carboxylic acid groups (broad SMARTS) is 1. The predicted molar refractivity (Wildman–Crippen MR) is 97.9 cm³/mol. The number of nitrogens with zero attached hydrogens (tertiary/aromatic N) is 2. The van der Waals surface area contributed by atoms with Gasteiger partial charge in [-0.15, -0.1) is 0 Å². The molecular weight excluding hydrogens is 334 g/mol. The zero-order valence-corrected chi connectivity index (χ0v) is 15.6. The minimum Gasteiger partial charge on any atom is -0.550 e. The monoisotopic (exact) mass is 360 g/mol. The number of aliphatic carboxylic acids is 1. The van der Waals surface area contributed by atoms with Crippen molar-refractivity contribution in [2.24, 2.45) is 0 Å². The van der Waals surface area contributed by atoms with Crippen molar-refractivity contribution >= 4 is 22.8 Å². The summed E-state index contributed by atoms with van der Waals surface area (Å²) in [5.41, 5.74) is 2.33. The Hall–Kier alpha value is -2.54. The van der Waals surface area contributed by atoms with Crippen LogP contribution in [0.2, 0.25) is 0 Å². The average Bonchev–Trinajstić information content (AvgIpc) is 3.02. The standard InChI is InChI=1S/C17H23N3O2.C2H4O2/c1-3-19-8-9-20(17(21)12-19)7-6-13-11-18-16-10-14(22-2)4-5-15(13)16;1-2(3)4/h4-5,10-11,18H,3,6-9,12H2,1-2H3;1H3,(H,3,4)/p-1. The van der Waals surface area contributed by atoms with Crippen molar-refractivity contribution in [3.63, 3.8) is 0 Å². The molecule has 1 fully saturated rings. The van der Waals surface area contributed by atoms with E-state index in [-0.39, 0.29) is 5.91 Å². The maximum Gasteiger partial charge on any atom is 0.236 e. The lowest BCUT2D eigenvalue weighted by molar-refractivity contribution is -0.302. The third-order valence-corrected chi connectivity index (χ3v) is 4.47. The summed E-state index contributed by atoms with van der Waals surface area (Å²) in [6.07, 6.45) is 2.92. The summed E-state index contributed by atoms with van der Waals surface area (Å²) in [6.45, 7) is 7.18. The number of methoxy groups -OCH3 is 1. The molecule has 3 rings (SSSR count). The maximum atomic E-state index is 12.1. The molecule has 1 aromatic carbocycles. The van der Waals surface area contributed by atoms with Gasteiger partial charge in [-0.1, -0.05) is 6.92 Å². The number of aromatic nitrogens is 1. The number of fused-ring (bicyclic) bond motifs is 1. The second-order valence-electron chi connectivity index (χ2n) is 6.22. The molecule has 7 nitrogen and oxygen atoms in total. The predicted octanol–water partition coefficient (Wildman–Crippen LogP) is 0.639. The van der Waals surface area contributed by atoms with Gasteiger partial charge in [-0.05, 0) is 37.6 Å². The van der Waals surface area contributed by atoms with E-state index in [1.165, 1.54) is 10.9 Å². The van der Waals surface area contributed by atoms with Crippen molar-refractivity contribution < 1.29 is 19.4 Å². The lowest BCUT2D eigenvalue weighted by Crippen LogP contribution is -2.50. The Bertz CT molecular complexity index is 752. The summed E-state index contributed by atoms with van der Waals surface area (Å²) in [5.74, 6) is 0.0152. The van der Waals surface area contributed by atoms with E-state index in [1.54, 1.807) is 7.11 Å². The maximum absolute atomic E-state index is 12.1. The first-order chi connectivity index (χ1) is 12.4. The van der Waals surface area contributed by atoms with Gasteiger partial charge in [0.2, 0.25) is 5.91 Å². The molecule has 1 aromatic heterocycles. The quantitative estimate of drug-likeness (QED) is 0.845. The average molecular weight is 360 g/mol. The van der Waals surface area contributed by atoms with Crippen molar-refractivity contribution in [3.05, 3.63) is 30.0 Å². The smallest absolute Gasteiger partial charge is 0.236 e. The Balaban J connectivity index is 0.000000552. The third-order valence-electron chi connectivity index (χ3n) is 4.47. The highest BCUT2D eigenvalue weighted by Gasteiger charge is 2.22. The highest BCUT2D eigenvalue weighted by molar-refractivity contribution is 5.84. The van der Waals surface area contributed by atoms with Gasteiger partial charge >= 0.3 is 0 Å². The van der Waals surface area contributed by atoms with Crippen molar-refractivity contribution in [2.75, 3.05) is 39.8 Å². The molecule has 2 aromatic rings. The molecule has 0 unspecified atom stereocenters. The number of benzene rings is 1. The van der Waals surface area contributed by atoms with Crippen LogP contribution >= 0.6 is 0 Å². The fourth-order valence-corrected chi connectivity index (χ4v) is 3.02. The summed E-state index contributed by atoms with van der Waals surface area (Å²) in [7, 11) is 1.67. The lowest BCUT2D eigenvalue weighted by atomic mass is 10.1. The van der Waals surface area contributed by atoms with Crippen LogP contribution < -0.4 is 9.84 Å². The van der Waals surface area contributed by atoms with Crippen molar-refractivity contribution in [2.45, 2.75) is 20.3 Å². The lowest BCUT2D eigenvalue weighted by Gasteiger charge is -2.33. The van der Waals surface area contributed by atoms with E-state index in [2.05, 4.69) is 22.9 Å². The highest BCUT2D eigenvalue weighted by atomic mass is 16.5. The van der Waals surface area contributed by atoms with Gasteiger partial charge in [-0.2, -0.15) is 0 Å². The number of carboxylic acids is 1. The van der Waals surface area contributed by atoms with E-state index in [1.807, 2.05) is 23.2 Å². The summed E-state index contributed by atoms with van der Waals surface area (Å²) >= 11 is 0. The second-order valence-corrected chi connectivity index (χ2v) is 6.22. The number of amides is 1. The minimum atomic E-state index is -1.08. The number of carbonyl (C=O) groups excluding carboxylic acids is 2. The number of ether oxygens (including phenoxy) is 1. The van der Waals surface area contributed by atoms with Crippen LogP contribution in [0, 0.1) is 0 Å². The van der Waals surface area contributed by atoms with Crippen LogP contribution in [0.15, 0.2) is 24.4 Å². The molecular formula is C19H26N3O4-. The number of aromatic amines is 1. The van der Waals surface area contributed by atoms with Crippen LogP contribution in [-0.2, 0) is 16.0 Å². The molecule has 2 heterocycles. The molecule has 26 heavy (non-hydrogen) atoms. The van der Waals surface area contributed by atoms with E-state index in [0.717, 1.165) is 50.8 Å². The molecule has 0 radical (unpaired) electrons. The van der Waals surface area contributed by atoms with Gasteiger partial charge in [0.05, 0.1) is 13.7 Å². The number of carbonyl (C=O) groups is 2. The van der Waals surface area contributed by atoms with E-state index in [9.17, 15) is 4.79 Å². The summed E-state index contributed by atoms with van der Waals surface area (Å²) in [5, 5.41) is 10.1. The van der Waals surface area contributed by atoms with Gasteiger partial charge in [0.25, 0.3) is 0 Å². The number of rotatable bonds is 5. The van der Waals surface area contributed by atoms with Gasteiger partial charge in [0, 0.05) is 48.8 Å². The topological polar surface area (TPSA) is 88.7 Å². The van der Waals surface area contributed by atoms with E-state index >= 15 is 0 Å². The largest absolute Gasteiger partial charge is 0.550 e. The minimum absolute atomic E-state index is 0.245. The number of likely N-dealkylation sites (N-methyl/N-ethyl adjacent to an activating group) is 1. The van der Waals surface area contributed by atoms with Gasteiger partial charge in [-0.25, -0.2) is 0 Å². The summed E-state index contributed by atoms with van der Waals surface area (Å²) < 4.78 is 5.24. The summed E-state index contributed by atoms with van der Waals surface area (Å²) in [4.78, 5) is 28.5. The number of hydrogen-bond donors (Lipinski definition) is 1. The van der Waals surface area contributed by atoms with E-state index in [0.29, 0.717) is 6.54 Å². The van der Waals surface area contributed by atoms with Crippen molar-refractivity contribution in [3.8, 4) is 5.75 Å². The Morgan fingerprint density at radius 3 is 2.69 bits per heavy atom. The number of hydrogen-bond acceptors (Lipinski definition) is 5. The molecule has 0 saturated carbocycles. The van der Waals surface area contributed by atoms with Crippen molar-refractivity contribution in [1.82, 2.24) is 14.8 Å². The van der Waals surface area contributed by atoms with Gasteiger partial charge in [0.1, 0.15) is 5.75 Å². The molecule has 1 saturated heterocycles. The fraction of sp³-hybridized carbons (Fsp3) is 0.474. The van der Waals surface area contributed by atoms with Crippen LogP contribution in [0.1, 0.15) is 19.4 Å². The Morgan fingerprint density at radius 2 is 2.08 bits per heavy atom. The summed E-state index contributed by atoms with van der Waals surface area (Å²) in [6, 6.07) is 6.06. The zero-order chi connectivity index (χ0) is 19.1. The van der Waals surface area contributed by atoms with Gasteiger partial charge in [0.15, 0.2) is 0 Å². The molecule has 0 bridgehead atoms.